The smallest absolute Gasteiger partial charge is 0.379 e. The van der Waals surface area contributed by atoms with Crippen molar-refractivity contribution in [2.45, 2.75) is 116 Å². The topological polar surface area (TPSA) is 58.2 Å². The summed E-state index contributed by atoms with van der Waals surface area (Å²) in [7, 11) is -2.74. The SMILES string of the molecule is CCCCCCCCCCCCC1CCO[Si](CCCS)(OCCOCCOCCCC)ONC1. The van der Waals surface area contributed by atoms with E-state index in [4.69, 9.17) is 22.9 Å². The predicted molar refractivity (Wildman–Crippen MR) is 151 cm³/mol. The van der Waals surface area contributed by atoms with Crippen molar-refractivity contribution in [3.05, 3.63) is 0 Å². The summed E-state index contributed by atoms with van der Waals surface area (Å²) in [5.74, 6) is 1.41. The van der Waals surface area contributed by atoms with Crippen LogP contribution in [-0.2, 0) is 22.9 Å². The number of rotatable bonds is 24. The van der Waals surface area contributed by atoms with Gasteiger partial charge in [-0.1, -0.05) is 84.5 Å². The lowest BCUT2D eigenvalue weighted by Crippen LogP contribution is -2.52. The first-order chi connectivity index (χ1) is 17.3. The fourth-order valence-corrected chi connectivity index (χ4v) is 7.12. The second-order valence-corrected chi connectivity index (χ2v) is 13.0. The van der Waals surface area contributed by atoms with E-state index in [2.05, 4.69) is 32.0 Å². The molecule has 0 radical (unpaired) electrons. The molecule has 2 atom stereocenters. The quantitative estimate of drug-likeness (QED) is 0.0791. The molecular weight excluding hydrogens is 478 g/mol. The average Bonchev–Trinajstić information content (AvgIpc) is 2.85. The Morgan fingerprint density at radius 1 is 0.771 bits per heavy atom. The van der Waals surface area contributed by atoms with Crippen LogP contribution in [0.4, 0.5) is 0 Å². The number of nitrogens with one attached hydrogen (secondary N) is 1. The fourth-order valence-electron chi connectivity index (χ4n) is 4.34. The van der Waals surface area contributed by atoms with Crippen molar-refractivity contribution in [3.63, 3.8) is 0 Å². The molecule has 0 aliphatic carbocycles. The summed E-state index contributed by atoms with van der Waals surface area (Å²) in [5, 5.41) is 0. The molecule has 0 aromatic carbocycles. The van der Waals surface area contributed by atoms with Gasteiger partial charge in [0, 0.05) is 25.8 Å². The molecular formula is C27H57NO5SSi. The van der Waals surface area contributed by atoms with Crippen molar-refractivity contribution in [2.24, 2.45) is 5.92 Å². The Bertz CT molecular complexity index is 440. The van der Waals surface area contributed by atoms with Crippen molar-refractivity contribution in [3.8, 4) is 0 Å². The van der Waals surface area contributed by atoms with Crippen LogP contribution in [0.3, 0.4) is 0 Å². The second kappa shape index (κ2) is 24.7. The maximum atomic E-state index is 6.29. The van der Waals surface area contributed by atoms with E-state index in [1.54, 1.807) is 0 Å². The third-order valence-corrected chi connectivity index (χ3v) is 9.64. The fraction of sp³-hybridized carbons (Fsp3) is 1.00. The molecule has 1 N–H and O–H groups in total. The normalized spacial score (nSPS) is 21.2. The zero-order valence-corrected chi connectivity index (χ0v) is 24.9. The van der Waals surface area contributed by atoms with Crippen LogP contribution in [0.1, 0.15) is 110 Å². The van der Waals surface area contributed by atoms with E-state index in [1.165, 1.54) is 70.6 Å². The van der Waals surface area contributed by atoms with Crippen LogP contribution in [0.2, 0.25) is 6.04 Å². The van der Waals surface area contributed by atoms with Crippen LogP contribution in [-0.4, -0.2) is 60.7 Å². The Morgan fingerprint density at radius 2 is 1.40 bits per heavy atom. The lowest BCUT2D eigenvalue weighted by atomic mass is 9.97. The Labute approximate surface area is 223 Å². The van der Waals surface area contributed by atoms with E-state index in [0.717, 1.165) is 57.2 Å². The first-order valence-electron chi connectivity index (χ1n) is 14.7. The van der Waals surface area contributed by atoms with Gasteiger partial charge in [0.15, 0.2) is 0 Å². The summed E-state index contributed by atoms with van der Waals surface area (Å²) < 4.78 is 29.8. The summed E-state index contributed by atoms with van der Waals surface area (Å²) in [6.45, 7) is 9.10. The lowest BCUT2D eigenvalue weighted by Gasteiger charge is -2.33. The van der Waals surface area contributed by atoms with Crippen molar-refractivity contribution in [1.82, 2.24) is 5.48 Å². The van der Waals surface area contributed by atoms with Gasteiger partial charge in [0.05, 0.1) is 26.4 Å². The number of hydroxylamine groups is 1. The molecule has 1 heterocycles. The van der Waals surface area contributed by atoms with Crippen LogP contribution >= 0.6 is 12.6 Å². The van der Waals surface area contributed by atoms with Crippen molar-refractivity contribution in [1.29, 1.82) is 0 Å². The Morgan fingerprint density at radius 3 is 2.09 bits per heavy atom. The number of hydrogen-bond acceptors (Lipinski definition) is 7. The number of unbranched alkanes of at least 4 members (excludes halogenated alkanes) is 10. The van der Waals surface area contributed by atoms with Gasteiger partial charge in [0.25, 0.3) is 0 Å². The molecule has 0 saturated carbocycles. The molecule has 0 amide bonds. The Balaban J connectivity index is 2.16. The minimum absolute atomic E-state index is 0.484. The molecule has 0 spiro atoms. The first kappa shape index (κ1) is 33.4. The summed E-state index contributed by atoms with van der Waals surface area (Å²) in [6, 6.07) is 0.784. The molecule has 1 fully saturated rings. The van der Waals surface area contributed by atoms with Gasteiger partial charge in [0.2, 0.25) is 0 Å². The van der Waals surface area contributed by atoms with Crippen LogP contribution in [0, 0.1) is 5.92 Å². The van der Waals surface area contributed by atoms with Crippen LogP contribution in [0.25, 0.3) is 0 Å². The molecule has 210 valence electrons. The van der Waals surface area contributed by atoms with Gasteiger partial charge in [-0.05, 0) is 37.4 Å². The van der Waals surface area contributed by atoms with Gasteiger partial charge in [-0.2, -0.15) is 12.6 Å². The lowest BCUT2D eigenvalue weighted by molar-refractivity contribution is -0.0210. The number of hydrogen-bond donors (Lipinski definition) is 2. The molecule has 1 rings (SSSR count). The van der Waals surface area contributed by atoms with Gasteiger partial charge in [-0.15, -0.1) is 0 Å². The molecule has 1 aliphatic heterocycles. The molecule has 1 aliphatic rings. The van der Waals surface area contributed by atoms with Crippen molar-refractivity contribution < 1.29 is 22.9 Å². The van der Waals surface area contributed by atoms with E-state index in [9.17, 15) is 0 Å². The monoisotopic (exact) mass is 535 g/mol. The summed E-state index contributed by atoms with van der Waals surface area (Å²) in [4.78, 5) is 0. The second-order valence-electron chi connectivity index (χ2n) is 9.86. The third kappa shape index (κ3) is 19.1. The molecule has 0 bridgehead atoms. The van der Waals surface area contributed by atoms with E-state index >= 15 is 0 Å². The van der Waals surface area contributed by atoms with Crippen LogP contribution in [0.15, 0.2) is 0 Å². The van der Waals surface area contributed by atoms with Crippen LogP contribution < -0.4 is 5.48 Å². The average molecular weight is 536 g/mol. The van der Waals surface area contributed by atoms with E-state index in [-0.39, 0.29) is 0 Å². The van der Waals surface area contributed by atoms with E-state index < -0.39 is 8.80 Å². The van der Waals surface area contributed by atoms with Crippen molar-refractivity contribution >= 4 is 21.4 Å². The predicted octanol–water partition coefficient (Wildman–Crippen LogP) is 6.96. The highest BCUT2D eigenvalue weighted by atomic mass is 32.1. The maximum absolute atomic E-state index is 6.29. The molecule has 0 aromatic heterocycles. The zero-order chi connectivity index (χ0) is 25.3. The van der Waals surface area contributed by atoms with E-state index in [1.807, 2.05) is 0 Å². The van der Waals surface area contributed by atoms with Gasteiger partial charge in [0.1, 0.15) is 0 Å². The Hall–Kier alpha value is 0.327. The van der Waals surface area contributed by atoms with Gasteiger partial charge in [-0.3, -0.25) is 4.53 Å². The third-order valence-electron chi connectivity index (χ3n) is 6.62. The highest BCUT2D eigenvalue weighted by Crippen LogP contribution is 2.23. The first-order valence-corrected chi connectivity index (χ1v) is 17.3. The summed E-state index contributed by atoms with van der Waals surface area (Å²) >= 11 is 4.38. The summed E-state index contributed by atoms with van der Waals surface area (Å²) in [5.41, 5.74) is 3.23. The molecule has 2 unspecified atom stereocenters. The zero-order valence-electron chi connectivity index (χ0n) is 23.0. The summed E-state index contributed by atoms with van der Waals surface area (Å²) in [6.07, 6.45) is 19.3. The Kier molecular flexibility index (Phi) is 23.5. The minimum atomic E-state index is -2.74. The van der Waals surface area contributed by atoms with Crippen molar-refractivity contribution in [2.75, 3.05) is 51.9 Å². The molecule has 1 saturated heterocycles. The largest absolute Gasteiger partial charge is 0.518 e. The maximum Gasteiger partial charge on any atom is 0.518 e. The highest BCUT2D eigenvalue weighted by Gasteiger charge is 2.42. The minimum Gasteiger partial charge on any atom is -0.379 e. The van der Waals surface area contributed by atoms with Gasteiger partial charge >= 0.3 is 8.80 Å². The molecule has 6 nitrogen and oxygen atoms in total. The number of thiol groups is 1. The van der Waals surface area contributed by atoms with Gasteiger partial charge < -0.3 is 18.3 Å². The van der Waals surface area contributed by atoms with Crippen LogP contribution in [0.5, 0.6) is 0 Å². The molecule has 35 heavy (non-hydrogen) atoms. The number of ether oxygens (including phenoxy) is 2. The van der Waals surface area contributed by atoms with E-state index in [0.29, 0.717) is 32.3 Å². The standard InChI is InChI=1S/C27H57NO5SSi/c1-3-5-7-8-9-10-11-12-13-14-16-27-17-19-31-35(25-15-24-34,33-28-26-27)32-23-22-30-21-20-29-18-6-4-2/h27-28,34H,3-26H2,1-2H3. The highest BCUT2D eigenvalue weighted by molar-refractivity contribution is 7.80. The molecule has 0 aromatic rings. The van der Waals surface area contributed by atoms with Gasteiger partial charge in [-0.25, -0.2) is 5.48 Å². The molecule has 8 heteroatoms.